The largest absolute Gasteiger partial charge is 0.454 e. The zero-order chi connectivity index (χ0) is 17.4. The predicted molar refractivity (Wildman–Crippen MR) is 90.6 cm³/mol. The van der Waals surface area contributed by atoms with Crippen LogP contribution in [0.5, 0.6) is 11.5 Å². The number of aromatic nitrogens is 3. The van der Waals surface area contributed by atoms with Crippen LogP contribution in [-0.2, 0) is 11.2 Å². The highest BCUT2D eigenvalue weighted by atomic mass is 32.2. The van der Waals surface area contributed by atoms with E-state index in [0.29, 0.717) is 28.4 Å². The lowest BCUT2D eigenvalue weighted by molar-refractivity contribution is 0.174. The van der Waals surface area contributed by atoms with Crippen LogP contribution in [-0.4, -0.2) is 21.9 Å². The van der Waals surface area contributed by atoms with Crippen molar-refractivity contribution in [2.24, 2.45) is 0 Å². The molecule has 0 bridgehead atoms. The van der Waals surface area contributed by atoms with Gasteiger partial charge in [-0.15, -0.1) is 0 Å². The standard InChI is InChI=1S/C17H17N3O4S/c1-17(2,3)13-7-21-16(18-13)25-8-14-19-15(20-24-14)10-4-5-11-12(6-10)23-9-22-11/h4-7H,8-9H2,1-3H3. The Balaban J connectivity index is 1.44. The SMILES string of the molecule is CC(C)(C)c1coc(SCc2nc(-c3ccc4c(c3)OCO4)no2)n1. The van der Waals surface area contributed by atoms with Crippen LogP contribution in [0.2, 0.25) is 0 Å². The first-order chi connectivity index (χ1) is 12.0. The van der Waals surface area contributed by atoms with Crippen LogP contribution in [0, 0.1) is 0 Å². The summed E-state index contributed by atoms with van der Waals surface area (Å²) in [6.45, 7) is 6.51. The van der Waals surface area contributed by atoms with E-state index in [1.807, 2.05) is 18.2 Å². The highest BCUT2D eigenvalue weighted by Gasteiger charge is 2.20. The number of oxazole rings is 1. The number of thioether (sulfide) groups is 1. The summed E-state index contributed by atoms with van der Waals surface area (Å²) in [6, 6.07) is 5.55. The molecule has 0 atom stereocenters. The van der Waals surface area contributed by atoms with Gasteiger partial charge in [0.15, 0.2) is 11.5 Å². The molecule has 3 heterocycles. The third-order valence-corrected chi connectivity index (χ3v) is 4.50. The second-order valence-corrected chi connectivity index (χ2v) is 7.54. The van der Waals surface area contributed by atoms with Crippen molar-refractivity contribution in [3.63, 3.8) is 0 Å². The van der Waals surface area contributed by atoms with Crippen molar-refractivity contribution >= 4 is 11.8 Å². The van der Waals surface area contributed by atoms with E-state index in [1.54, 1.807) is 6.26 Å². The van der Waals surface area contributed by atoms with E-state index in [9.17, 15) is 0 Å². The van der Waals surface area contributed by atoms with Gasteiger partial charge in [-0.1, -0.05) is 37.7 Å². The first kappa shape index (κ1) is 16.0. The summed E-state index contributed by atoms with van der Waals surface area (Å²) < 4.78 is 21.5. The Morgan fingerprint density at radius 2 is 1.96 bits per heavy atom. The van der Waals surface area contributed by atoms with Gasteiger partial charge in [0, 0.05) is 11.0 Å². The molecule has 0 N–H and O–H groups in total. The number of nitrogens with zero attached hydrogens (tertiary/aromatic N) is 3. The molecular formula is C17H17N3O4S. The Kier molecular flexibility index (Phi) is 3.91. The fourth-order valence-corrected chi connectivity index (χ4v) is 2.90. The summed E-state index contributed by atoms with van der Waals surface area (Å²) >= 11 is 1.42. The Morgan fingerprint density at radius 3 is 2.76 bits per heavy atom. The van der Waals surface area contributed by atoms with E-state index in [1.165, 1.54) is 11.8 Å². The number of hydrogen-bond donors (Lipinski definition) is 0. The molecule has 1 aliphatic heterocycles. The predicted octanol–water partition coefficient (Wildman–Crippen LogP) is 4.04. The minimum atomic E-state index is -0.0423. The average Bonchev–Trinajstić information content (AvgIpc) is 3.31. The van der Waals surface area contributed by atoms with Crippen LogP contribution >= 0.6 is 11.8 Å². The van der Waals surface area contributed by atoms with E-state index in [0.717, 1.165) is 17.0 Å². The van der Waals surface area contributed by atoms with Crippen molar-refractivity contribution in [2.45, 2.75) is 37.2 Å². The first-order valence-corrected chi connectivity index (χ1v) is 8.79. The van der Waals surface area contributed by atoms with Gasteiger partial charge in [-0.05, 0) is 18.2 Å². The second-order valence-electron chi connectivity index (χ2n) is 6.62. The monoisotopic (exact) mass is 359 g/mol. The fourth-order valence-electron chi connectivity index (χ4n) is 2.26. The van der Waals surface area contributed by atoms with E-state index in [4.69, 9.17) is 18.4 Å². The van der Waals surface area contributed by atoms with Crippen LogP contribution in [0.25, 0.3) is 11.4 Å². The average molecular weight is 359 g/mol. The molecule has 25 heavy (non-hydrogen) atoms. The number of rotatable bonds is 4. The van der Waals surface area contributed by atoms with Gasteiger partial charge in [0.2, 0.25) is 18.5 Å². The molecule has 1 aromatic carbocycles. The molecule has 0 aliphatic carbocycles. The van der Waals surface area contributed by atoms with Crippen molar-refractivity contribution in [3.05, 3.63) is 36.0 Å². The summed E-state index contributed by atoms with van der Waals surface area (Å²) in [5.41, 5.74) is 1.69. The Morgan fingerprint density at radius 1 is 1.12 bits per heavy atom. The summed E-state index contributed by atoms with van der Waals surface area (Å²) in [6.07, 6.45) is 1.69. The molecule has 0 amide bonds. The number of fused-ring (bicyclic) bond motifs is 1. The van der Waals surface area contributed by atoms with Crippen LogP contribution in [0.3, 0.4) is 0 Å². The molecule has 7 nitrogen and oxygen atoms in total. The van der Waals surface area contributed by atoms with Gasteiger partial charge in [-0.2, -0.15) is 4.98 Å². The van der Waals surface area contributed by atoms with Crippen LogP contribution in [0.1, 0.15) is 32.4 Å². The smallest absolute Gasteiger partial charge is 0.256 e. The lowest BCUT2D eigenvalue weighted by Crippen LogP contribution is -2.11. The van der Waals surface area contributed by atoms with E-state index in [-0.39, 0.29) is 12.2 Å². The first-order valence-electron chi connectivity index (χ1n) is 7.80. The molecule has 4 rings (SSSR count). The van der Waals surface area contributed by atoms with Gasteiger partial charge >= 0.3 is 0 Å². The number of hydrogen-bond acceptors (Lipinski definition) is 8. The maximum absolute atomic E-state index is 5.49. The fraction of sp³-hybridized carbons (Fsp3) is 0.353. The maximum Gasteiger partial charge on any atom is 0.256 e. The Labute approximate surface area is 148 Å². The van der Waals surface area contributed by atoms with Gasteiger partial charge in [-0.25, -0.2) is 4.98 Å². The third-order valence-electron chi connectivity index (χ3n) is 3.67. The molecule has 130 valence electrons. The third kappa shape index (κ3) is 3.34. The Bertz CT molecular complexity index is 897. The van der Waals surface area contributed by atoms with Gasteiger partial charge in [0.05, 0.1) is 11.4 Å². The minimum Gasteiger partial charge on any atom is -0.454 e. The van der Waals surface area contributed by atoms with E-state index < -0.39 is 0 Å². The molecule has 0 spiro atoms. The van der Waals surface area contributed by atoms with Gasteiger partial charge < -0.3 is 18.4 Å². The maximum atomic E-state index is 5.49. The van der Waals surface area contributed by atoms with Crippen molar-refractivity contribution in [2.75, 3.05) is 6.79 Å². The van der Waals surface area contributed by atoms with Crippen molar-refractivity contribution < 1.29 is 18.4 Å². The molecule has 0 radical (unpaired) electrons. The van der Waals surface area contributed by atoms with Crippen LogP contribution in [0.4, 0.5) is 0 Å². The normalized spacial score (nSPS) is 13.4. The lowest BCUT2D eigenvalue weighted by Gasteiger charge is -2.12. The zero-order valence-electron chi connectivity index (χ0n) is 14.1. The van der Waals surface area contributed by atoms with Gasteiger partial charge in [0.1, 0.15) is 6.26 Å². The van der Waals surface area contributed by atoms with Crippen molar-refractivity contribution in [1.82, 2.24) is 15.1 Å². The van der Waals surface area contributed by atoms with Crippen molar-refractivity contribution in [1.29, 1.82) is 0 Å². The molecule has 0 saturated carbocycles. The summed E-state index contributed by atoms with van der Waals surface area (Å²) in [5.74, 6) is 2.92. The molecule has 2 aromatic heterocycles. The molecule has 0 unspecified atom stereocenters. The van der Waals surface area contributed by atoms with Crippen LogP contribution in [0.15, 0.2) is 38.6 Å². The topological polar surface area (TPSA) is 83.4 Å². The molecule has 3 aromatic rings. The zero-order valence-corrected chi connectivity index (χ0v) is 14.9. The van der Waals surface area contributed by atoms with Gasteiger partial charge in [-0.3, -0.25) is 0 Å². The molecule has 1 aliphatic rings. The summed E-state index contributed by atoms with van der Waals surface area (Å²) in [4.78, 5) is 8.89. The van der Waals surface area contributed by atoms with Crippen molar-refractivity contribution in [3.8, 4) is 22.9 Å². The Hall–Kier alpha value is -2.48. The highest BCUT2D eigenvalue weighted by Crippen LogP contribution is 2.35. The summed E-state index contributed by atoms with van der Waals surface area (Å²) in [7, 11) is 0. The highest BCUT2D eigenvalue weighted by molar-refractivity contribution is 7.98. The van der Waals surface area contributed by atoms with E-state index in [2.05, 4.69) is 35.9 Å². The quantitative estimate of drug-likeness (QED) is 0.645. The van der Waals surface area contributed by atoms with Gasteiger partial charge in [0.25, 0.3) is 5.22 Å². The lowest BCUT2D eigenvalue weighted by atomic mass is 9.93. The minimum absolute atomic E-state index is 0.0423. The molecule has 8 heteroatoms. The molecule has 0 saturated heterocycles. The second kappa shape index (κ2) is 6.11. The van der Waals surface area contributed by atoms with E-state index >= 15 is 0 Å². The molecule has 0 fully saturated rings. The summed E-state index contributed by atoms with van der Waals surface area (Å²) in [5, 5.41) is 4.61. The number of benzene rings is 1. The molecular weight excluding hydrogens is 342 g/mol. The van der Waals surface area contributed by atoms with Crippen LogP contribution < -0.4 is 9.47 Å². The number of ether oxygens (including phenoxy) is 2.